The van der Waals surface area contributed by atoms with Crippen LogP contribution in [0.1, 0.15) is 12.5 Å². The van der Waals surface area contributed by atoms with Gasteiger partial charge in [-0.3, -0.25) is 0 Å². The Labute approximate surface area is 108 Å². The summed E-state index contributed by atoms with van der Waals surface area (Å²) in [5.41, 5.74) is 13.4. The van der Waals surface area contributed by atoms with Crippen molar-refractivity contribution in [3.8, 4) is 0 Å². The van der Waals surface area contributed by atoms with Gasteiger partial charge in [-0.05, 0) is 30.0 Å². The van der Waals surface area contributed by atoms with Gasteiger partial charge in [0.05, 0.1) is 0 Å². The lowest BCUT2D eigenvalue weighted by molar-refractivity contribution is 1.08. The zero-order chi connectivity index (χ0) is 13.5. The van der Waals surface area contributed by atoms with Crippen molar-refractivity contribution in [1.82, 2.24) is 4.98 Å². The minimum absolute atomic E-state index is 0.554. The third kappa shape index (κ3) is 3.71. The number of pyridine rings is 1. The lowest BCUT2D eigenvalue weighted by Crippen LogP contribution is -1.96. The third-order valence-electron chi connectivity index (χ3n) is 2.44. The number of aromatic nitrogens is 1. The molecule has 2 rings (SSSR count). The predicted molar refractivity (Wildman–Crippen MR) is 79.1 cm³/mol. The maximum atomic E-state index is 5.71. The highest BCUT2D eigenvalue weighted by Gasteiger charge is 1.98. The smallest absolute Gasteiger partial charge is 0.131 e. The summed E-state index contributed by atoms with van der Waals surface area (Å²) in [6.07, 6.45) is 3.43. The van der Waals surface area contributed by atoms with Crippen LogP contribution in [0.25, 0.3) is 10.8 Å². The third-order valence-corrected chi connectivity index (χ3v) is 2.44. The Morgan fingerprint density at radius 2 is 2.06 bits per heavy atom. The molecule has 0 aliphatic carbocycles. The summed E-state index contributed by atoms with van der Waals surface area (Å²) in [4.78, 5) is 4.01. The van der Waals surface area contributed by atoms with Crippen LogP contribution in [0, 0.1) is 0 Å². The standard InChI is InChI=1S/C10H11N3.C5H8/c11-6-7-1-2-9-8(5-7)3-4-13-10(9)12;1-4-5(2)3/h1-5H,6,11H2,(H2,12,13);4H,1-2H2,3H3. The van der Waals surface area contributed by atoms with Crippen LogP contribution in [0.3, 0.4) is 0 Å². The van der Waals surface area contributed by atoms with Crippen molar-refractivity contribution in [3.63, 3.8) is 0 Å². The number of rotatable bonds is 2. The van der Waals surface area contributed by atoms with Gasteiger partial charge in [0, 0.05) is 18.1 Å². The molecule has 0 unspecified atom stereocenters. The zero-order valence-corrected chi connectivity index (χ0v) is 10.7. The van der Waals surface area contributed by atoms with Crippen LogP contribution in [-0.2, 0) is 6.54 Å². The molecule has 3 heteroatoms. The molecule has 1 heterocycles. The largest absolute Gasteiger partial charge is 0.383 e. The number of nitrogens with two attached hydrogens (primary N) is 2. The molecule has 0 amide bonds. The zero-order valence-electron chi connectivity index (χ0n) is 10.7. The van der Waals surface area contributed by atoms with Crippen molar-refractivity contribution in [1.29, 1.82) is 0 Å². The van der Waals surface area contributed by atoms with E-state index < -0.39 is 0 Å². The van der Waals surface area contributed by atoms with E-state index in [1.54, 1.807) is 12.3 Å². The molecule has 18 heavy (non-hydrogen) atoms. The summed E-state index contributed by atoms with van der Waals surface area (Å²) in [5.74, 6) is 0.570. The van der Waals surface area contributed by atoms with Crippen molar-refractivity contribution >= 4 is 16.6 Å². The molecule has 0 fully saturated rings. The van der Waals surface area contributed by atoms with E-state index in [2.05, 4.69) is 18.1 Å². The van der Waals surface area contributed by atoms with Gasteiger partial charge in [-0.1, -0.05) is 36.9 Å². The molecule has 4 N–H and O–H groups in total. The molecule has 0 spiro atoms. The summed E-state index contributed by atoms with van der Waals surface area (Å²) < 4.78 is 0. The Balaban J connectivity index is 0.000000280. The highest BCUT2D eigenvalue weighted by molar-refractivity contribution is 5.91. The van der Waals surface area contributed by atoms with Gasteiger partial charge in [-0.25, -0.2) is 4.98 Å². The molecule has 0 aliphatic rings. The average Bonchev–Trinajstić information content (AvgIpc) is 2.39. The van der Waals surface area contributed by atoms with Crippen LogP contribution in [-0.4, -0.2) is 4.98 Å². The SMILES string of the molecule is C=CC(=C)C.NCc1ccc2c(N)nccc2c1. The summed E-state index contributed by atoms with van der Waals surface area (Å²) >= 11 is 0. The van der Waals surface area contributed by atoms with Crippen molar-refractivity contribution in [2.75, 3.05) is 5.73 Å². The average molecular weight is 241 g/mol. The van der Waals surface area contributed by atoms with Gasteiger partial charge in [0.1, 0.15) is 5.82 Å². The highest BCUT2D eigenvalue weighted by atomic mass is 14.8. The fourth-order valence-electron chi connectivity index (χ4n) is 1.38. The minimum atomic E-state index is 0.554. The fraction of sp³-hybridized carbons (Fsp3) is 0.133. The number of anilines is 1. The van der Waals surface area contributed by atoms with Gasteiger partial charge in [0.2, 0.25) is 0 Å². The highest BCUT2D eigenvalue weighted by Crippen LogP contribution is 2.19. The van der Waals surface area contributed by atoms with Crippen LogP contribution in [0.15, 0.2) is 55.3 Å². The van der Waals surface area contributed by atoms with Crippen molar-refractivity contribution in [2.45, 2.75) is 13.5 Å². The van der Waals surface area contributed by atoms with Gasteiger partial charge in [0.15, 0.2) is 0 Å². The van der Waals surface area contributed by atoms with Crippen LogP contribution < -0.4 is 11.5 Å². The van der Waals surface area contributed by atoms with Crippen LogP contribution in [0.5, 0.6) is 0 Å². The molecule has 1 aromatic heterocycles. The number of hydrogen-bond donors (Lipinski definition) is 2. The second kappa shape index (κ2) is 6.57. The van der Waals surface area contributed by atoms with Gasteiger partial charge in [-0.2, -0.15) is 0 Å². The maximum Gasteiger partial charge on any atom is 0.131 e. The van der Waals surface area contributed by atoms with Crippen LogP contribution in [0.2, 0.25) is 0 Å². The molecule has 1 aromatic carbocycles. The molecule has 0 radical (unpaired) electrons. The van der Waals surface area contributed by atoms with E-state index in [1.165, 1.54) is 0 Å². The first-order valence-corrected chi connectivity index (χ1v) is 5.69. The number of allylic oxidation sites excluding steroid dienone is 2. The molecular weight excluding hydrogens is 222 g/mol. The second-order valence-corrected chi connectivity index (χ2v) is 4.01. The van der Waals surface area contributed by atoms with E-state index in [9.17, 15) is 0 Å². The van der Waals surface area contributed by atoms with Crippen molar-refractivity contribution in [3.05, 3.63) is 60.8 Å². The number of benzene rings is 1. The molecule has 94 valence electrons. The van der Waals surface area contributed by atoms with Gasteiger partial charge in [0.25, 0.3) is 0 Å². The van der Waals surface area contributed by atoms with E-state index >= 15 is 0 Å². The molecular formula is C15H19N3. The van der Waals surface area contributed by atoms with Gasteiger partial charge in [-0.15, -0.1) is 0 Å². The topological polar surface area (TPSA) is 64.9 Å². The summed E-state index contributed by atoms with van der Waals surface area (Å²) in [6.45, 7) is 9.48. The number of nitrogen functional groups attached to an aromatic ring is 1. The first-order valence-electron chi connectivity index (χ1n) is 5.69. The van der Waals surface area contributed by atoms with E-state index in [1.807, 2.05) is 31.2 Å². The monoisotopic (exact) mass is 241 g/mol. The summed E-state index contributed by atoms with van der Waals surface area (Å²) in [6, 6.07) is 7.90. The molecule has 0 bridgehead atoms. The number of fused-ring (bicyclic) bond motifs is 1. The Morgan fingerprint density at radius 3 is 2.61 bits per heavy atom. The molecule has 3 nitrogen and oxygen atoms in total. The second-order valence-electron chi connectivity index (χ2n) is 4.01. The van der Waals surface area contributed by atoms with Crippen LogP contribution in [0.4, 0.5) is 5.82 Å². The Bertz CT molecular complexity index is 559. The summed E-state index contributed by atoms with van der Waals surface area (Å²) in [5, 5.41) is 2.08. The van der Waals surface area contributed by atoms with E-state index in [4.69, 9.17) is 11.5 Å². The Hall–Kier alpha value is -2.13. The van der Waals surface area contributed by atoms with Gasteiger partial charge >= 0.3 is 0 Å². The minimum Gasteiger partial charge on any atom is -0.383 e. The predicted octanol–water partition coefficient (Wildman–Crippen LogP) is 3.02. The molecule has 0 saturated carbocycles. The number of nitrogens with zero attached hydrogens (tertiary/aromatic N) is 1. The number of hydrogen-bond acceptors (Lipinski definition) is 3. The normalized spacial score (nSPS) is 9.44. The Kier molecular flexibility index (Phi) is 5.08. The lowest BCUT2D eigenvalue weighted by atomic mass is 10.1. The molecule has 2 aromatic rings. The lowest BCUT2D eigenvalue weighted by Gasteiger charge is -2.02. The first-order chi connectivity index (χ1) is 8.58. The van der Waals surface area contributed by atoms with Crippen LogP contribution >= 0.6 is 0 Å². The fourth-order valence-corrected chi connectivity index (χ4v) is 1.38. The van der Waals surface area contributed by atoms with Gasteiger partial charge < -0.3 is 11.5 Å². The van der Waals surface area contributed by atoms with Crippen molar-refractivity contribution in [2.24, 2.45) is 5.73 Å². The van der Waals surface area contributed by atoms with E-state index in [0.717, 1.165) is 21.9 Å². The summed E-state index contributed by atoms with van der Waals surface area (Å²) in [7, 11) is 0. The van der Waals surface area contributed by atoms with Crippen molar-refractivity contribution < 1.29 is 0 Å². The molecule has 0 aliphatic heterocycles. The molecule has 0 saturated heterocycles. The maximum absolute atomic E-state index is 5.71. The molecule has 0 atom stereocenters. The first kappa shape index (κ1) is 13.9. The van der Waals surface area contributed by atoms with E-state index in [0.29, 0.717) is 12.4 Å². The van der Waals surface area contributed by atoms with E-state index in [-0.39, 0.29) is 0 Å². The quantitative estimate of drug-likeness (QED) is 0.794. The Morgan fingerprint density at radius 1 is 1.39 bits per heavy atom.